The maximum Gasteiger partial charge on any atom is 0.195 e. The highest BCUT2D eigenvalue weighted by Crippen LogP contribution is 2.13. The third-order valence-corrected chi connectivity index (χ3v) is 2.86. The normalized spacial score (nSPS) is 10.1. The summed E-state index contributed by atoms with van der Waals surface area (Å²) in [4.78, 5) is 5.26. The van der Waals surface area contributed by atoms with Crippen molar-refractivity contribution in [3.63, 3.8) is 0 Å². The quantitative estimate of drug-likeness (QED) is 0.666. The Hall–Kier alpha value is -1.98. The summed E-state index contributed by atoms with van der Waals surface area (Å²) in [7, 11) is 0. The van der Waals surface area contributed by atoms with Crippen LogP contribution < -0.4 is 10.8 Å². The van der Waals surface area contributed by atoms with E-state index in [2.05, 4.69) is 10.8 Å². The van der Waals surface area contributed by atoms with Gasteiger partial charge in [0.05, 0.1) is 6.61 Å². The molecule has 2 aromatic rings. The van der Waals surface area contributed by atoms with Gasteiger partial charge in [0.25, 0.3) is 0 Å². The molecule has 0 unspecified atom stereocenters. The van der Waals surface area contributed by atoms with E-state index in [9.17, 15) is 4.39 Å². The summed E-state index contributed by atoms with van der Waals surface area (Å²) in [6.07, 6.45) is 0. The molecule has 2 N–H and O–H groups in total. The molecule has 3 nitrogen and oxygen atoms in total. The molecule has 2 aromatic carbocycles. The van der Waals surface area contributed by atoms with Crippen molar-refractivity contribution in [2.75, 3.05) is 5.32 Å². The Morgan fingerprint density at radius 2 is 1.95 bits per heavy atom. The number of anilines is 1. The van der Waals surface area contributed by atoms with Gasteiger partial charge in [-0.2, -0.15) is 0 Å². The first-order valence-electron chi connectivity index (χ1n) is 6.14. The molecule has 2 rings (SSSR count). The van der Waals surface area contributed by atoms with Crippen LogP contribution in [0.25, 0.3) is 0 Å². The maximum absolute atomic E-state index is 13.4. The number of rotatable bonds is 4. The molecule has 0 radical (unpaired) electrons. The average Bonchev–Trinajstić information content (AvgIpc) is 2.44. The molecular weight excluding hydrogens is 275 g/mol. The summed E-state index contributed by atoms with van der Waals surface area (Å²) in [5.74, 6) is -0.275. The van der Waals surface area contributed by atoms with E-state index in [4.69, 9.17) is 17.1 Å². The first kappa shape index (κ1) is 14.4. The zero-order chi connectivity index (χ0) is 14.4. The number of aryl methyl sites for hydroxylation is 1. The van der Waals surface area contributed by atoms with Crippen molar-refractivity contribution in [1.29, 1.82) is 0 Å². The zero-order valence-electron chi connectivity index (χ0n) is 11.0. The largest absolute Gasteiger partial charge is 0.331 e. The van der Waals surface area contributed by atoms with Gasteiger partial charge in [-0.15, -0.1) is 0 Å². The first-order valence-corrected chi connectivity index (χ1v) is 6.55. The van der Waals surface area contributed by atoms with Crippen LogP contribution >= 0.6 is 12.2 Å². The van der Waals surface area contributed by atoms with Crippen LogP contribution in [-0.4, -0.2) is 5.11 Å². The minimum atomic E-state index is -0.275. The number of thiocarbonyl (C=S) groups is 1. The zero-order valence-corrected chi connectivity index (χ0v) is 11.8. The Morgan fingerprint density at radius 3 is 2.65 bits per heavy atom. The van der Waals surface area contributed by atoms with Crippen LogP contribution in [0.3, 0.4) is 0 Å². The second kappa shape index (κ2) is 6.98. The predicted octanol–water partition coefficient (Wildman–Crippen LogP) is 3.55. The highest BCUT2D eigenvalue weighted by atomic mass is 32.1. The molecule has 5 heteroatoms. The fourth-order valence-electron chi connectivity index (χ4n) is 1.59. The van der Waals surface area contributed by atoms with Crippen LogP contribution in [0.5, 0.6) is 0 Å². The molecule has 0 aliphatic rings. The fourth-order valence-corrected chi connectivity index (χ4v) is 1.76. The minimum absolute atomic E-state index is 0.275. The van der Waals surface area contributed by atoms with E-state index in [1.165, 1.54) is 6.07 Å². The van der Waals surface area contributed by atoms with Gasteiger partial charge in [0.2, 0.25) is 0 Å². The van der Waals surface area contributed by atoms with Gasteiger partial charge in [-0.3, -0.25) is 4.84 Å². The third-order valence-electron chi connectivity index (χ3n) is 2.68. The van der Waals surface area contributed by atoms with E-state index in [1.807, 2.05) is 30.3 Å². The average molecular weight is 290 g/mol. The monoisotopic (exact) mass is 290 g/mol. The highest BCUT2D eigenvalue weighted by Gasteiger charge is 2.01. The number of halogens is 1. The smallest absolute Gasteiger partial charge is 0.195 e. The molecule has 104 valence electrons. The van der Waals surface area contributed by atoms with Crippen molar-refractivity contribution in [2.24, 2.45) is 0 Å². The van der Waals surface area contributed by atoms with Crippen LogP contribution in [0.2, 0.25) is 0 Å². The van der Waals surface area contributed by atoms with Gasteiger partial charge in [-0.05, 0) is 42.4 Å². The van der Waals surface area contributed by atoms with E-state index >= 15 is 0 Å². The molecule has 0 amide bonds. The van der Waals surface area contributed by atoms with E-state index in [1.54, 1.807) is 19.1 Å². The van der Waals surface area contributed by atoms with Crippen molar-refractivity contribution in [2.45, 2.75) is 13.5 Å². The highest BCUT2D eigenvalue weighted by molar-refractivity contribution is 7.80. The van der Waals surface area contributed by atoms with Gasteiger partial charge < -0.3 is 5.32 Å². The lowest BCUT2D eigenvalue weighted by molar-refractivity contribution is 0.0728. The van der Waals surface area contributed by atoms with Crippen LogP contribution in [0.4, 0.5) is 10.1 Å². The maximum atomic E-state index is 13.4. The number of benzene rings is 2. The second-order valence-electron chi connectivity index (χ2n) is 4.29. The number of hydrogen-bond donors (Lipinski definition) is 2. The molecule has 0 aliphatic carbocycles. The van der Waals surface area contributed by atoms with Crippen molar-refractivity contribution in [3.8, 4) is 0 Å². The molecule has 0 heterocycles. The Labute approximate surface area is 122 Å². The summed E-state index contributed by atoms with van der Waals surface area (Å²) in [5, 5.41) is 3.13. The van der Waals surface area contributed by atoms with Gasteiger partial charge in [0, 0.05) is 5.69 Å². The predicted molar refractivity (Wildman–Crippen MR) is 81.7 cm³/mol. The van der Waals surface area contributed by atoms with Crippen LogP contribution in [0.1, 0.15) is 11.1 Å². The lowest BCUT2D eigenvalue weighted by Gasteiger charge is -2.11. The van der Waals surface area contributed by atoms with Crippen molar-refractivity contribution >= 4 is 23.0 Å². The Balaban J connectivity index is 1.79. The van der Waals surface area contributed by atoms with E-state index in [0.717, 1.165) is 5.56 Å². The Morgan fingerprint density at radius 1 is 1.20 bits per heavy atom. The van der Waals surface area contributed by atoms with Crippen LogP contribution in [-0.2, 0) is 11.4 Å². The van der Waals surface area contributed by atoms with Gasteiger partial charge in [0.15, 0.2) is 5.11 Å². The molecule has 0 bridgehead atoms. The summed E-state index contributed by atoms with van der Waals surface area (Å²) in [5.41, 5.74) is 4.81. The second-order valence-corrected chi connectivity index (χ2v) is 4.70. The number of hydroxylamine groups is 1. The Bertz CT molecular complexity index is 590. The van der Waals surface area contributed by atoms with Crippen LogP contribution in [0.15, 0.2) is 48.5 Å². The number of nitrogens with one attached hydrogen (secondary N) is 2. The lowest BCUT2D eigenvalue weighted by Crippen LogP contribution is -2.28. The molecule has 0 aliphatic heterocycles. The van der Waals surface area contributed by atoms with Gasteiger partial charge >= 0.3 is 0 Å². The van der Waals surface area contributed by atoms with Gasteiger partial charge in [0.1, 0.15) is 5.82 Å². The number of hydrogen-bond acceptors (Lipinski definition) is 2. The molecule has 0 fully saturated rings. The summed E-state index contributed by atoms with van der Waals surface area (Å²) >= 11 is 5.06. The summed E-state index contributed by atoms with van der Waals surface area (Å²) in [6, 6.07) is 14.5. The molecular formula is C15H15FN2OS. The molecule has 20 heavy (non-hydrogen) atoms. The molecule has 0 saturated carbocycles. The fraction of sp³-hybridized carbons (Fsp3) is 0.133. The van der Waals surface area contributed by atoms with E-state index < -0.39 is 0 Å². The molecule has 0 spiro atoms. The molecule has 0 atom stereocenters. The third kappa shape index (κ3) is 4.29. The van der Waals surface area contributed by atoms with Gasteiger partial charge in [-0.1, -0.05) is 36.4 Å². The van der Waals surface area contributed by atoms with Crippen molar-refractivity contribution < 1.29 is 9.23 Å². The van der Waals surface area contributed by atoms with Crippen molar-refractivity contribution in [1.82, 2.24) is 5.48 Å². The molecule has 0 aromatic heterocycles. The standard InChI is InChI=1S/C15H15FN2OS/c1-11-7-8-13(9-14(11)16)17-15(20)18-19-10-12-5-3-2-4-6-12/h2-9H,10H2,1H3,(H2,17,18,20). The molecule has 0 saturated heterocycles. The van der Waals surface area contributed by atoms with E-state index in [0.29, 0.717) is 17.9 Å². The first-order chi connectivity index (χ1) is 9.65. The summed E-state index contributed by atoms with van der Waals surface area (Å²) in [6.45, 7) is 2.10. The topological polar surface area (TPSA) is 33.3 Å². The van der Waals surface area contributed by atoms with Crippen molar-refractivity contribution in [3.05, 3.63) is 65.5 Å². The summed E-state index contributed by atoms with van der Waals surface area (Å²) < 4.78 is 13.4. The van der Waals surface area contributed by atoms with Gasteiger partial charge in [-0.25, -0.2) is 9.87 Å². The minimum Gasteiger partial charge on any atom is -0.331 e. The SMILES string of the molecule is Cc1ccc(NC(=S)NOCc2ccccc2)cc1F. The Kier molecular flexibility index (Phi) is 5.03. The van der Waals surface area contributed by atoms with E-state index in [-0.39, 0.29) is 10.9 Å². The lowest BCUT2D eigenvalue weighted by atomic mass is 10.2. The van der Waals surface area contributed by atoms with Crippen LogP contribution in [0, 0.1) is 12.7 Å².